The lowest BCUT2D eigenvalue weighted by Gasteiger charge is -2.26. The second kappa shape index (κ2) is 8.22. The Morgan fingerprint density at radius 3 is 2.86 bits per heavy atom. The molecule has 0 saturated carbocycles. The number of rotatable bonds is 8. The van der Waals surface area contributed by atoms with Gasteiger partial charge in [0.05, 0.1) is 5.69 Å². The molecule has 0 amide bonds. The molecule has 0 bridgehead atoms. The summed E-state index contributed by atoms with van der Waals surface area (Å²) >= 11 is 1.78. The maximum Gasteiger partial charge on any atom is 0.107 e. The summed E-state index contributed by atoms with van der Waals surface area (Å²) in [4.78, 5) is 9.89. The van der Waals surface area contributed by atoms with Crippen molar-refractivity contribution >= 4 is 11.3 Å². The van der Waals surface area contributed by atoms with Crippen molar-refractivity contribution in [1.82, 2.24) is 20.1 Å². The number of nitrogens with zero attached hydrogens (tertiary/aromatic N) is 3. The van der Waals surface area contributed by atoms with Gasteiger partial charge in [-0.25, -0.2) is 4.98 Å². The lowest BCUT2D eigenvalue weighted by Crippen LogP contribution is -2.37. The van der Waals surface area contributed by atoms with E-state index in [0.29, 0.717) is 6.04 Å². The summed E-state index contributed by atoms with van der Waals surface area (Å²) in [6, 6.07) is 1.26. The van der Waals surface area contributed by atoms with Crippen LogP contribution in [0.4, 0.5) is 0 Å². The fourth-order valence-corrected chi connectivity index (χ4v) is 3.75. The molecule has 1 unspecified atom stereocenters. The van der Waals surface area contributed by atoms with Crippen molar-refractivity contribution in [1.29, 1.82) is 0 Å². The summed E-state index contributed by atoms with van der Waals surface area (Å²) in [6.45, 7) is 15.5. The molecule has 2 heterocycles. The molecule has 1 aromatic rings. The van der Waals surface area contributed by atoms with Crippen LogP contribution in [0.15, 0.2) is 5.38 Å². The van der Waals surface area contributed by atoms with Gasteiger partial charge in [-0.1, -0.05) is 27.7 Å². The van der Waals surface area contributed by atoms with Crippen molar-refractivity contribution in [2.75, 3.05) is 26.2 Å². The van der Waals surface area contributed by atoms with Gasteiger partial charge in [-0.15, -0.1) is 11.3 Å². The molecule has 0 aromatic carbocycles. The second-order valence-electron chi connectivity index (χ2n) is 6.17. The van der Waals surface area contributed by atoms with Gasteiger partial charge in [0, 0.05) is 43.6 Å². The number of thiazole rings is 1. The highest BCUT2D eigenvalue weighted by Crippen LogP contribution is 2.19. The van der Waals surface area contributed by atoms with Crippen LogP contribution in [-0.2, 0) is 13.1 Å². The van der Waals surface area contributed by atoms with Crippen LogP contribution in [0.25, 0.3) is 0 Å². The van der Waals surface area contributed by atoms with Crippen LogP contribution < -0.4 is 5.32 Å². The topological polar surface area (TPSA) is 31.4 Å². The van der Waals surface area contributed by atoms with Crippen molar-refractivity contribution in [3.05, 3.63) is 16.1 Å². The van der Waals surface area contributed by atoms with Crippen LogP contribution in [-0.4, -0.2) is 53.0 Å². The Morgan fingerprint density at radius 1 is 1.43 bits per heavy atom. The van der Waals surface area contributed by atoms with Crippen molar-refractivity contribution in [3.63, 3.8) is 0 Å². The van der Waals surface area contributed by atoms with E-state index in [4.69, 9.17) is 4.98 Å². The van der Waals surface area contributed by atoms with Gasteiger partial charge in [0.25, 0.3) is 0 Å². The highest BCUT2D eigenvalue weighted by Gasteiger charge is 2.26. The molecular formula is C16H30N4S. The van der Waals surface area contributed by atoms with E-state index < -0.39 is 0 Å². The van der Waals surface area contributed by atoms with E-state index in [0.717, 1.165) is 32.2 Å². The first-order chi connectivity index (χ1) is 10.1. The first-order valence-electron chi connectivity index (χ1n) is 8.25. The van der Waals surface area contributed by atoms with E-state index >= 15 is 0 Å². The third-order valence-corrected chi connectivity index (χ3v) is 5.12. The number of likely N-dealkylation sites (tertiary alicyclic amines) is 1. The summed E-state index contributed by atoms with van der Waals surface area (Å²) in [6.07, 6.45) is 1.30. The third-order valence-electron chi connectivity index (χ3n) is 4.22. The van der Waals surface area contributed by atoms with E-state index in [9.17, 15) is 0 Å². The molecule has 5 heteroatoms. The van der Waals surface area contributed by atoms with Crippen LogP contribution in [0, 0.1) is 0 Å². The maximum absolute atomic E-state index is 4.76. The van der Waals surface area contributed by atoms with E-state index in [1.165, 1.54) is 30.2 Å². The second-order valence-corrected chi connectivity index (χ2v) is 7.11. The van der Waals surface area contributed by atoms with Crippen molar-refractivity contribution < 1.29 is 0 Å². The maximum atomic E-state index is 4.76. The molecule has 1 saturated heterocycles. The molecule has 1 atom stereocenters. The summed E-state index contributed by atoms with van der Waals surface area (Å²) < 4.78 is 0. The van der Waals surface area contributed by atoms with Gasteiger partial charge >= 0.3 is 0 Å². The average Bonchev–Trinajstić information content (AvgIpc) is 3.08. The molecule has 1 aromatic heterocycles. The van der Waals surface area contributed by atoms with E-state index in [-0.39, 0.29) is 0 Å². The normalized spacial score (nSPS) is 20.0. The van der Waals surface area contributed by atoms with Crippen LogP contribution in [0.2, 0.25) is 0 Å². The molecule has 2 rings (SSSR count). The van der Waals surface area contributed by atoms with Crippen molar-refractivity contribution in [3.8, 4) is 0 Å². The fraction of sp³-hybridized carbons (Fsp3) is 0.812. The summed E-state index contributed by atoms with van der Waals surface area (Å²) in [7, 11) is 0. The lowest BCUT2D eigenvalue weighted by molar-refractivity contribution is 0.208. The molecular weight excluding hydrogens is 280 g/mol. The number of hydrogen-bond donors (Lipinski definition) is 1. The van der Waals surface area contributed by atoms with Crippen molar-refractivity contribution in [2.24, 2.45) is 0 Å². The Morgan fingerprint density at radius 2 is 2.19 bits per heavy atom. The molecule has 0 spiro atoms. The predicted molar refractivity (Wildman–Crippen MR) is 90.7 cm³/mol. The lowest BCUT2D eigenvalue weighted by atomic mass is 10.2. The quantitative estimate of drug-likeness (QED) is 0.799. The minimum atomic E-state index is 0.519. The van der Waals surface area contributed by atoms with E-state index in [1.807, 2.05) is 0 Å². The standard InChI is InChI=1S/C16H30N4S/c1-5-20(6-2)15-7-8-19(11-15)10-14-12-21-16(18-14)9-17-13(3)4/h12-13,15,17H,5-11H2,1-4H3. The van der Waals surface area contributed by atoms with E-state index in [2.05, 4.69) is 48.2 Å². The zero-order chi connectivity index (χ0) is 15.2. The Balaban J connectivity index is 1.80. The molecule has 4 nitrogen and oxygen atoms in total. The number of hydrogen-bond acceptors (Lipinski definition) is 5. The van der Waals surface area contributed by atoms with Crippen molar-refractivity contribution in [2.45, 2.75) is 59.3 Å². The highest BCUT2D eigenvalue weighted by molar-refractivity contribution is 7.09. The Bertz CT molecular complexity index is 414. The van der Waals surface area contributed by atoms with Gasteiger partial charge in [0.1, 0.15) is 5.01 Å². The van der Waals surface area contributed by atoms with Crippen LogP contribution >= 0.6 is 11.3 Å². The highest BCUT2D eigenvalue weighted by atomic mass is 32.1. The number of aromatic nitrogens is 1. The molecule has 1 aliphatic rings. The SMILES string of the molecule is CCN(CC)C1CCN(Cc2csc(CNC(C)C)n2)C1. The first kappa shape index (κ1) is 16.9. The molecule has 0 radical (unpaired) electrons. The summed E-state index contributed by atoms with van der Waals surface area (Å²) in [5.74, 6) is 0. The van der Waals surface area contributed by atoms with Crippen LogP contribution in [0.3, 0.4) is 0 Å². The Labute approximate surface area is 133 Å². The minimum Gasteiger partial charge on any atom is -0.308 e. The molecule has 1 aliphatic heterocycles. The molecule has 21 heavy (non-hydrogen) atoms. The number of likely N-dealkylation sites (N-methyl/N-ethyl adjacent to an activating group) is 1. The van der Waals surface area contributed by atoms with Gasteiger partial charge in [0.2, 0.25) is 0 Å². The van der Waals surface area contributed by atoms with Crippen LogP contribution in [0.5, 0.6) is 0 Å². The average molecular weight is 311 g/mol. The predicted octanol–water partition coefficient (Wildman–Crippen LogP) is 2.56. The van der Waals surface area contributed by atoms with Gasteiger partial charge < -0.3 is 5.32 Å². The summed E-state index contributed by atoms with van der Waals surface area (Å²) in [5.41, 5.74) is 1.24. The Kier molecular flexibility index (Phi) is 6.61. The van der Waals surface area contributed by atoms with Crippen LogP contribution in [0.1, 0.15) is 44.8 Å². The fourth-order valence-electron chi connectivity index (χ4n) is 3.02. The molecule has 120 valence electrons. The first-order valence-corrected chi connectivity index (χ1v) is 9.13. The molecule has 1 fully saturated rings. The zero-order valence-corrected chi connectivity index (χ0v) is 14.7. The van der Waals surface area contributed by atoms with Gasteiger partial charge in [-0.3, -0.25) is 9.80 Å². The van der Waals surface area contributed by atoms with Gasteiger partial charge in [0.15, 0.2) is 0 Å². The minimum absolute atomic E-state index is 0.519. The Hall–Kier alpha value is -0.490. The largest absolute Gasteiger partial charge is 0.308 e. The molecule has 1 N–H and O–H groups in total. The van der Waals surface area contributed by atoms with Gasteiger partial charge in [-0.2, -0.15) is 0 Å². The zero-order valence-electron chi connectivity index (χ0n) is 13.9. The molecule has 0 aliphatic carbocycles. The summed E-state index contributed by atoms with van der Waals surface area (Å²) in [5, 5.41) is 6.86. The number of nitrogens with one attached hydrogen (secondary N) is 1. The smallest absolute Gasteiger partial charge is 0.107 e. The monoisotopic (exact) mass is 310 g/mol. The van der Waals surface area contributed by atoms with Gasteiger partial charge in [-0.05, 0) is 19.5 Å². The van der Waals surface area contributed by atoms with E-state index in [1.54, 1.807) is 11.3 Å². The third kappa shape index (κ3) is 5.02.